The van der Waals surface area contributed by atoms with Gasteiger partial charge < -0.3 is 14.5 Å². The van der Waals surface area contributed by atoms with Crippen LogP contribution in [-0.4, -0.2) is 7.11 Å². The molecule has 3 aromatic rings. The van der Waals surface area contributed by atoms with Crippen LogP contribution in [0.25, 0.3) is 11.0 Å². The fraction of sp³-hybridized carbons (Fsp3) is 0.176. The van der Waals surface area contributed by atoms with Crippen LogP contribution in [-0.2, 0) is 17.9 Å². The molecule has 0 saturated heterocycles. The number of hydrogen-bond donors (Lipinski definition) is 1. The van der Waals surface area contributed by atoms with Crippen LogP contribution in [0.4, 0.5) is 5.69 Å². The summed E-state index contributed by atoms with van der Waals surface area (Å²) in [6, 6.07) is 16.0. The molecule has 3 nitrogen and oxygen atoms in total. The fourth-order valence-electron chi connectivity index (χ4n) is 2.36. The molecule has 0 saturated carbocycles. The van der Waals surface area contributed by atoms with Crippen LogP contribution in [0.2, 0.25) is 5.22 Å². The predicted molar refractivity (Wildman–Crippen MR) is 85.7 cm³/mol. The van der Waals surface area contributed by atoms with Gasteiger partial charge in [0.15, 0.2) is 5.22 Å². The van der Waals surface area contributed by atoms with Gasteiger partial charge in [0.2, 0.25) is 0 Å². The van der Waals surface area contributed by atoms with Crippen molar-refractivity contribution in [3.63, 3.8) is 0 Å². The number of halogens is 1. The molecule has 1 heterocycles. The van der Waals surface area contributed by atoms with E-state index in [1.54, 1.807) is 7.11 Å². The van der Waals surface area contributed by atoms with Gasteiger partial charge in [-0.05, 0) is 35.4 Å². The second kappa shape index (κ2) is 6.20. The van der Waals surface area contributed by atoms with E-state index in [0.29, 0.717) is 18.4 Å². The van der Waals surface area contributed by atoms with Gasteiger partial charge in [-0.3, -0.25) is 0 Å². The van der Waals surface area contributed by atoms with Gasteiger partial charge in [-0.25, -0.2) is 0 Å². The molecular weight excluding hydrogens is 286 g/mol. The number of fused-ring (bicyclic) bond motifs is 1. The quantitative estimate of drug-likeness (QED) is 0.732. The Balaban J connectivity index is 1.80. The molecule has 21 heavy (non-hydrogen) atoms. The largest absolute Gasteiger partial charge is 0.444 e. The first-order valence-corrected chi connectivity index (χ1v) is 7.13. The standard InChI is InChI=1S/C17H16ClNO2/c1-20-11-12-5-4-6-13(9-12)19-10-15-14-7-2-3-8-16(14)21-17(15)18/h2-9,19H,10-11H2,1H3. The molecule has 0 fully saturated rings. The molecule has 0 radical (unpaired) electrons. The maximum absolute atomic E-state index is 6.19. The zero-order chi connectivity index (χ0) is 14.7. The molecule has 0 spiro atoms. The summed E-state index contributed by atoms with van der Waals surface area (Å²) >= 11 is 6.19. The highest BCUT2D eigenvalue weighted by Gasteiger charge is 2.11. The first-order chi connectivity index (χ1) is 10.3. The summed E-state index contributed by atoms with van der Waals surface area (Å²) in [6.07, 6.45) is 0. The van der Waals surface area contributed by atoms with E-state index >= 15 is 0 Å². The summed E-state index contributed by atoms with van der Waals surface area (Å²) in [5.74, 6) is 0. The zero-order valence-corrected chi connectivity index (χ0v) is 12.5. The SMILES string of the molecule is COCc1cccc(NCc2c(Cl)oc3ccccc23)c1. The highest BCUT2D eigenvalue weighted by Crippen LogP contribution is 2.30. The third-order valence-electron chi connectivity index (χ3n) is 3.36. The number of nitrogens with one attached hydrogen (secondary N) is 1. The van der Waals surface area contributed by atoms with E-state index < -0.39 is 0 Å². The molecule has 4 heteroatoms. The van der Waals surface area contributed by atoms with Crippen molar-refractivity contribution in [1.82, 2.24) is 0 Å². The summed E-state index contributed by atoms with van der Waals surface area (Å²) in [6.45, 7) is 1.22. The van der Waals surface area contributed by atoms with Crippen LogP contribution >= 0.6 is 11.6 Å². The topological polar surface area (TPSA) is 34.4 Å². The molecule has 1 N–H and O–H groups in total. The summed E-state index contributed by atoms with van der Waals surface area (Å²) in [4.78, 5) is 0. The fourth-order valence-corrected chi connectivity index (χ4v) is 2.61. The Morgan fingerprint density at radius 1 is 1.14 bits per heavy atom. The van der Waals surface area contributed by atoms with Crippen LogP contribution in [0.15, 0.2) is 52.9 Å². The van der Waals surface area contributed by atoms with Crippen molar-refractivity contribution < 1.29 is 9.15 Å². The Kier molecular flexibility index (Phi) is 4.13. The van der Waals surface area contributed by atoms with Crippen molar-refractivity contribution in [3.8, 4) is 0 Å². The van der Waals surface area contributed by atoms with Gasteiger partial charge in [-0.2, -0.15) is 0 Å². The first kappa shape index (κ1) is 14.0. The van der Waals surface area contributed by atoms with E-state index in [4.69, 9.17) is 20.8 Å². The van der Waals surface area contributed by atoms with Crippen LogP contribution in [0.3, 0.4) is 0 Å². The molecule has 0 bridgehead atoms. The highest BCUT2D eigenvalue weighted by atomic mass is 35.5. The third-order valence-corrected chi connectivity index (χ3v) is 3.66. The van der Waals surface area contributed by atoms with E-state index in [2.05, 4.69) is 11.4 Å². The molecule has 1 aromatic heterocycles. The van der Waals surface area contributed by atoms with Gasteiger partial charge in [0.25, 0.3) is 0 Å². The average molecular weight is 302 g/mol. The Morgan fingerprint density at radius 3 is 2.86 bits per heavy atom. The maximum atomic E-state index is 6.19. The molecular formula is C17H16ClNO2. The first-order valence-electron chi connectivity index (χ1n) is 6.75. The third kappa shape index (κ3) is 3.04. The lowest BCUT2D eigenvalue weighted by atomic mass is 10.1. The van der Waals surface area contributed by atoms with Gasteiger partial charge in [-0.15, -0.1) is 0 Å². The predicted octanol–water partition coefficient (Wildman–Crippen LogP) is 4.84. The monoisotopic (exact) mass is 301 g/mol. The van der Waals surface area contributed by atoms with Crippen molar-refractivity contribution >= 4 is 28.3 Å². The maximum Gasteiger partial charge on any atom is 0.199 e. The summed E-state index contributed by atoms with van der Waals surface area (Å²) < 4.78 is 10.7. The Labute approximate surface area is 128 Å². The number of hydrogen-bond acceptors (Lipinski definition) is 3. The molecule has 0 aliphatic rings. The number of rotatable bonds is 5. The lowest BCUT2D eigenvalue weighted by molar-refractivity contribution is 0.185. The van der Waals surface area contributed by atoms with Crippen molar-refractivity contribution in [3.05, 3.63) is 64.9 Å². The molecule has 2 aromatic carbocycles. The van der Waals surface area contributed by atoms with Crippen LogP contribution in [0.1, 0.15) is 11.1 Å². The molecule has 0 amide bonds. The van der Waals surface area contributed by atoms with Crippen molar-refractivity contribution in [2.24, 2.45) is 0 Å². The Hall–Kier alpha value is -1.97. The minimum absolute atomic E-state index is 0.441. The van der Waals surface area contributed by atoms with E-state index in [9.17, 15) is 0 Å². The molecule has 3 rings (SSSR count). The smallest absolute Gasteiger partial charge is 0.199 e. The molecule has 0 unspecified atom stereocenters. The van der Waals surface area contributed by atoms with E-state index in [1.807, 2.05) is 42.5 Å². The summed E-state index contributed by atoms with van der Waals surface area (Å²) in [5, 5.41) is 4.86. The number of benzene rings is 2. The van der Waals surface area contributed by atoms with Gasteiger partial charge in [-0.1, -0.05) is 30.3 Å². The van der Waals surface area contributed by atoms with Crippen molar-refractivity contribution in [1.29, 1.82) is 0 Å². The normalized spacial score (nSPS) is 11.0. The number of ether oxygens (including phenoxy) is 1. The number of furan rings is 1. The lowest BCUT2D eigenvalue weighted by Gasteiger charge is -2.07. The Bertz CT molecular complexity index is 751. The van der Waals surface area contributed by atoms with E-state index in [0.717, 1.165) is 27.8 Å². The summed E-state index contributed by atoms with van der Waals surface area (Å²) in [7, 11) is 1.69. The zero-order valence-electron chi connectivity index (χ0n) is 11.7. The molecule has 0 atom stereocenters. The highest BCUT2D eigenvalue weighted by molar-refractivity contribution is 6.30. The van der Waals surface area contributed by atoms with E-state index in [-0.39, 0.29) is 0 Å². The Morgan fingerprint density at radius 2 is 2.00 bits per heavy atom. The van der Waals surface area contributed by atoms with E-state index in [1.165, 1.54) is 0 Å². The van der Waals surface area contributed by atoms with Crippen LogP contribution < -0.4 is 5.32 Å². The van der Waals surface area contributed by atoms with Crippen LogP contribution in [0, 0.1) is 0 Å². The number of methoxy groups -OCH3 is 1. The molecule has 108 valence electrons. The minimum Gasteiger partial charge on any atom is -0.444 e. The lowest BCUT2D eigenvalue weighted by Crippen LogP contribution is -2.00. The van der Waals surface area contributed by atoms with Gasteiger partial charge in [0.1, 0.15) is 5.58 Å². The minimum atomic E-state index is 0.441. The molecule has 0 aliphatic carbocycles. The van der Waals surface area contributed by atoms with Gasteiger partial charge in [0, 0.05) is 30.3 Å². The van der Waals surface area contributed by atoms with Gasteiger partial charge in [0.05, 0.1) is 6.61 Å². The second-order valence-corrected chi connectivity index (χ2v) is 5.18. The second-order valence-electron chi connectivity index (χ2n) is 4.84. The molecule has 0 aliphatic heterocycles. The summed E-state index contributed by atoms with van der Waals surface area (Å²) in [5.41, 5.74) is 3.95. The van der Waals surface area contributed by atoms with Crippen LogP contribution in [0.5, 0.6) is 0 Å². The number of anilines is 1. The van der Waals surface area contributed by atoms with Crippen molar-refractivity contribution in [2.75, 3.05) is 12.4 Å². The number of para-hydroxylation sites is 1. The van der Waals surface area contributed by atoms with Gasteiger partial charge >= 0.3 is 0 Å². The average Bonchev–Trinajstić information content (AvgIpc) is 2.81. The van der Waals surface area contributed by atoms with Crippen molar-refractivity contribution in [2.45, 2.75) is 13.2 Å².